The Labute approximate surface area is 152 Å². The standard InChI is InChI=1S/C18H24N2O6/c1-6-20(7-2)15-10-12(17(22)25-4)8-9-13(15)19-14(18(23)26-5)11-16(21)24-3/h8-11,19H,6-7H2,1-5H3/b14-11+. The summed E-state index contributed by atoms with van der Waals surface area (Å²) in [4.78, 5) is 37.3. The molecule has 0 aliphatic carbocycles. The highest BCUT2D eigenvalue weighted by molar-refractivity contribution is 6.00. The number of ether oxygens (including phenoxy) is 3. The molecule has 0 aliphatic heterocycles. The Kier molecular flexibility index (Phi) is 8.14. The van der Waals surface area contributed by atoms with E-state index >= 15 is 0 Å². The van der Waals surface area contributed by atoms with Crippen LogP contribution in [0.3, 0.4) is 0 Å². The Bertz CT molecular complexity index is 695. The first-order valence-electron chi connectivity index (χ1n) is 8.04. The molecule has 0 aliphatic rings. The van der Waals surface area contributed by atoms with Gasteiger partial charge in [0.05, 0.1) is 44.3 Å². The molecule has 8 nitrogen and oxygen atoms in total. The summed E-state index contributed by atoms with van der Waals surface area (Å²) in [6, 6.07) is 4.86. The second-order valence-corrected chi connectivity index (χ2v) is 5.09. The topological polar surface area (TPSA) is 94.2 Å². The van der Waals surface area contributed by atoms with Crippen LogP contribution < -0.4 is 10.2 Å². The van der Waals surface area contributed by atoms with E-state index in [2.05, 4.69) is 10.1 Å². The van der Waals surface area contributed by atoms with Crippen molar-refractivity contribution in [3.05, 3.63) is 35.5 Å². The summed E-state index contributed by atoms with van der Waals surface area (Å²) >= 11 is 0. The van der Waals surface area contributed by atoms with Crippen molar-refractivity contribution in [3.8, 4) is 0 Å². The van der Waals surface area contributed by atoms with Crippen LogP contribution in [0.15, 0.2) is 30.0 Å². The summed E-state index contributed by atoms with van der Waals surface area (Å²) in [6.07, 6.45) is 1.01. The number of nitrogens with one attached hydrogen (secondary N) is 1. The maximum atomic E-state index is 12.0. The van der Waals surface area contributed by atoms with E-state index in [0.29, 0.717) is 30.0 Å². The third-order valence-corrected chi connectivity index (χ3v) is 3.66. The molecule has 0 saturated carbocycles. The Balaban J connectivity index is 3.39. The van der Waals surface area contributed by atoms with Crippen molar-refractivity contribution in [1.82, 2.24) is 0 Å². The molecule has 0 heterocycles. The zero-order valence-corrected chi connectivity index (χ0v) is 15.6. The lowest BCUT2D eigenvalue weighted by Gasteiger charge is -2.25. The van der Waals surface area contributed by atoms with Crippen LogP contribution in [0.1, 0.15) is 24.2 Å². The Morgan fingerprint density at radius 2 is 1.69 bits per heavy atom. The van der Waals surface area contributed by atoms with Gasteiger partial charge in [-0.05, 0) is 32.0 Å². The molecule has 1 N–H and O–H groups in total. The largest absolute Gasteiger partial charge is 0.466 e. The molecule has 1 rings (SSSR count). The molecule has 142 valence electrons. The third kappa shape index (κ3) is 5.23. The number of nitrogens with zero attached hydrogens (tertiary/aromatic N) is 1. The third-order valence-electron chi connectivity index (χ3n) is 3.66. The smallest absolute Gasteiger partial charge is 0.354 e. The molecule has 1 aromatic carbocycles. The predicted molar refractivity (Wildman–Crippen MR) is 97.1 cm³/mol. The van der Waals surface area contributed by atoms with Gasteiger partial charge in [0.15, 0.2) is 0 Å². The first-order chi connectivity index (χ1) is 12.4. The minimum absolute atomic E-state index is 0.0847. The Morgan fingerprint density at radius 3 is 2.19 bits per heavy atom. The molecule has 0 aromatic heterocycles. The van der Waals surface area contributed by atoms with Gasteiger partial charge >= 0.3 is 17.9 Å². The number of carbonyl (C=O) groups is 3. The van der Waals surface area contributed by atoms with Gasteiger partial charge < -0.3 is 24.4 Å². The SMILES string of the molecule is CCN(CC)c1cc(C(=O)OC)ccc1N/C(=C/C(=O)OC)C(=O)OC. The predicted octanol–water partition coefficient (Wildman–Crippen LogP) is 1.96. The minimum atomic E-state index is -0.724. The fourth-order valence-corrected chi connectivity index (χ4v) is 2.29. The number of rotatable bonds is 8. The second kappa shape index (κ2) is 10.1. The quantitative estimate of drug-likeness (QED) is 0.425. The zero-order chi connectivity index (χ0) is 19.7. The molecule has 0 atom stereocenters. The van der Waals surface area contributed by atoms with E-state index in [9.17, 15) is 14.4 Å². The van der Waals surface area contributed by atoms with Gasteiger partial charge in [-0.3, -0.25) is 0 Å². The van der Waals surface area contributed by atoms with E-state index in [1.165, 1.54) is 21.3 Å². The van der Waals surface area contributed by atoms with Crippen LogP contribution in [-0.4, -0.2) is 52.3 Å². The molecule has 1 aromatic rings. The summed E-state index contributed by atoms with van der Waals surface area (Å²) in [5.74, 6) is -1.89. The highest BCUT2D eigenvalue weighted by atomic mass is 16.5. The first kappa shape index (κ1) is 21.0. The van der Waals surface area contributed by atoms with E-state index in [4.69, 9.17) is 9.47 Å². The van der Waals surface area contributed by atoms with Crippen molar-refractivity contribution in [2.45, 2.75) is 13.8 Å². The second-order valence-electron chi connectivity index (χ2n) is 5.09. The molecule has 0 radical (unpaired) electrons. The van der Waals surface area contributed by atoms with Gasteiger partial charge in [-0.15, -0.1) is 0 Å². The molecule has 0 spiro atoms. The fraction of sp³-hybridized carbons (Fsp3) is 0.389. The maximum Gasteiger partial charge on any atom is 0.354 e. The highest BCUT2D eigenvalue weighted by Crippen LogP contribution is 2.29. The average molecular weight is 364 g/mol. The van der Waals surface area contributed by atoms with E-state index in [1.807, 2.05) is 18.7 Å². The molecule has 0 fully saturated rings. The van der Waals surface area contributed by atoms with Crippen LogP contribution in [-0.2, 0) is 23.8 Å². The molecular weight excluding hydrogens is 340 g/mol. The Morgan fingerprint density at radius 1 is 1.04 bits per heavy atom. The monoisotopic (exact) mass is 364 g/mol. The lowest BCUT2D eigenvalue weighted by molar-refractivity contribution is -0.138. The first-order valence-corrected chi connectivity index (χ1v) is 8.04. The summed E-state index contributed by atoms with van der Waals surface area (Å²) < 4.78 is 14.0. The van der Waals surface area contributed by atoms with Crippen LogP contribution in [0.2, 0.25) is 0 Å². The van der Waals surface area contributed by atoms with E-state index in [1.54, 1.807) is 18.2 Å². The van der Waals surface area contributed by atoms with Gasteiger partial charge in [0.25, 0.3) is 0 Å². The van der Waals surface area contributed by atoms with E-state index in [0.717, 1.165) is 6.08 Å². The van der Waals surface area contributed by atoms with Gasteiger partial charge in [0.1, 0.15) is 5.70 Å². The molecular formula is C18H24N2O6. The van der Waals surface area contributed by atoms with Crippen molar-refractivity contribution < 1.29 is 28.6 Å². The molecule has 8 heteroatoms. The number of hydrogen-bond acceptors (Lipinski definition) is 8. The molecule has 0 amide bonds. The number of methoxy groups -OCH3 is 3. The number of anilines is 2. The van der Waals surface area contributed by atoms with Gasteiger partial charge in [-0.1, -0.05) is 0 Å². The van der Waals surface area contributed by atoms with Crippen molar-refractivity contribution in [1.29, 1.82) is 0 Å². The molecule has 0 saturated heterocycles. The lowest BCUT2D eigenvalue weighted by Crippen LogP contribution is -2.24. The maximum absolute atomic E-state index is 12.0. The number of hydrogen-bond donors (Lipinski definition) is 1. The van der Waals surface area contributed by atoms with Crippen LogP contribution in [0.5, 0.6) is 0 Å². The van der Waals surface area contributed by atoms with Crippen molar-refractivity contribution in [2.24, 2.45) is 0 Å². The van der Waals surface area contributed by atoms with Crippen LogP contribution in [0.4, 0.5) is 11.4 Å². The molecule has 0 unspecified atom stereocenters. The highest BCUT2D eigenvalue weighted by Gasteiger charge is 2.18. The van der Waals surface area contributed by atoms with Gasteiger partial charge in [-0.25, -0.2) is 14.4 Å². The lowest BCUT2D eigenvalue weighted by atomic mass is 10.1. The summed E-state index contributed by atoms with van der Waals surface area (Å²) in [6.45, 7) is 5.27. The number of esters is 3. The van der Waals surface area contributed by atoms with E-state index < -0.39 is 17.9 Å². The summed E-state index contributed by atoms with van der Waals surface area (Å²) in [5, 5.41) is 2.89. The summed E-state index contributed by atoms with van der Waals surface area (Å²) in [7, 11) is 3.72. The number of carbonyl (C=O) groups excluding carboxylic acids is 3. The van der Waals surface area contributed by atoms with Crippen LogP contribution >= 0.6 is 0 Å². The van der Waals surface area contributed by atoms with E-state index in [-0.39, 0.29) is 5.70 Å². The normalized spacial score (nSPS) is 10.7. The Hall–Kier alpha value is -3.03. The van der Waals surface area contributed by atoms with Crippen LogP contribution in [0.25, 0.3) is 0 Å². The number of benzene rings is 1. The van der Waals surface area contributed by atoms with Crippen molar-refractivity contribution in [3.63, 3.8) is 0 Å². The molecule has 26 heavy (non-hydrogen) atoms. The fourth-order valence-electron chi connectivity index (χ4n) is 2.29. The van der Waals surface area contributed by atoms with Gasteiger partial charge in [-0.2, -0.15) is 0 Å². The van der Waals surface area contributed by atoms with Crippen LogP contribution in [0, 0.1) is 0 Å². The minimum Gasteiger partial charge on any atom is -0.466 e. The van der Waals surface area contributed by atoms with Gasteiger partial charge in [0.2, 0.25) is 0 Å². The van der Waals surface area contributed by atoms with Gasteiger partial charge in [0, 0.05) is 13.1 Å². The zero-order valence-electron chi connectivity index (χ0n) is 15.6. The van der Waals surface area contributed by atoms with Crippen molar-refractivity contribution >= 4 is 29.3 Å². The van der Waals surface area contributed by atoms with Crippen molar-refractivity contribution in [2.75, 3.05) is 44.6 Å². The molecule has 0 bridgehead atoms. The summed E-state index contributed by atoms with van der Waals surface area (Å²) in [5.41, 5.74) is 1.49. The average Bonchev–Trinajstić information content (AvgIpc) is 2.67.